The van der Waals surface area contributed by atoms with E-state index in [4.69, 9.17) is 5.11 Å². The number of nitro benzene ring substituents is 1. The molecule has 16 heavy (non-hydrogen) atoms. The van der Waals surface area contributed by atoms with Crippen molar-refractivity contribution >= 4 is 5.69 Å². The number of alkyl halides is 3. The highest BCUT2D eigenvalue weighted by atomic mass is 19.4. The SMILES string of the molecule is O=[N+]([O-])c1cc(OC(F)(F)F)c(F)cc1O. The van der Waals surface area contributed by atoms with Crippen LogP contribution in [0.15, 0.2) is 12.1 Å². The maximum Gasteiger partial charge on any atom is 0.573 e. The quantitative estimate of drug-likeness (QED) is 0.490. The number of benzene rings is 1. The molecule has 0 fully saturated rings. The molecule has 0 aliphatic carbocycles. The Bertz CT molecular complexity index is 431. The van der Waals surface area contributed by atoms with Crippen LogP contribution < -0.4 is 4.74 Å². The molecule has 0 radical (unpaired) electrons. The van der Waals surface area contributed by atoms with E-state index in [1.165, 1.54) is 0 Å². The fraction of sp³-hybridized carbons (Fsp3) is 0.143. The van der Waals surface area contributed by atoms with E-state index in [2.05, 4.69) is 4.74 Å². The van der Waals surface area contributed by atoms with Crippen LogP contribution in [0.5, 0.6) is 11.5 Å². The van der Waals surface area contributed by atoms with Gasteiger partial charge in [0, 0.05) is 6.07 Å². The molecule has 0 saturated heterocycles. The third-order valence-electron chi connectivity index (χ3n) is 1.45. The van der Waals surface area contributed by atoms with Crippen LogP contribution in [0.2, 0.25) is 0 Å². The summed E-state index contributed by atoms with van der Waals surface area (Å²) in [5, 5.41) is 19.1. The molecule has 0 aromatic heterocycles. The highest BCUT2D eigenvalue weighted by Gasteiger charge is 2.33. The molecule has 0 aliphatic heterocycles. The molecular weight excluding hydrogens is 238 g/mol. The molecule has 88 valence electrons. The van der Waals surface area contributed by atoms with Gasteiger partial charge >= 0.3 is 12.0 Å². The van der Waals surface area contributed by atoms with Gasteiger partial charge in [0.15, 0.2) is 17.3 Å². The first-order valence-electron chi connectivity index (χ1n) is 3.63. The summed E-state index contributed by atoms with van der Waals surface area (Å²) in [5.41, 5.74) is -1.08. The van der Waals surface area contributed by atoms with Crippen molar-refractivity contribution in [2.75, 3.05) is 0 Å². The molecule has 0 amide bonds. The van der Waals surface area contributed by atoms with E-state index in [-0.39, 0.29) is 12.1 Å². The molecule has 0 heterocycles. The zero-order valence-electron chi connectivity index (χ0n) is 7.29. The van der Waals surface area contributed by atoms with Gasteiger partial charge in [-0.2, -0.15) is 0 Å². The molecule has 0 unspecified atom stereocenters. The van der Waals surface area contributed by atoms with Crippen molar-refractivity contribution in [3.63, 3.8) is 0 Å². The van der Waals surface area contributed by atoms with Crippen LogP contribution in [0, 0.1) is 15.9 Å². The number of hydrogen-bond donors (Lipinski definition) is 1. The maximum absolute atomic E-state index is 12.8. The minimum atomic E-state index is -5.17. The van der Waals surface area contributed by atoms with Crippen LogP contribution in [0.1, 0.15) is 0 Å². The smallest absolute Gasteiger partial charge is 0.502 e. The number of nitro groups is 1. The molecule has 0 saturated carbocycles. The van der Waals surface area contributed by atoms with Crippen molar-refractivity contribution in [3.05, 3.63) is 28.1 Å². The zero-order valence-corrected chi connectivity index (χ0v) is 7.29. The second kappa shape index (κ2) is 3.83. The van der Waals surface area contributed by atoms with Crippen molar-refractivity contribution in [1.29, 1.82) is 0 Å². The molecule has 1 aromatic rings. The van der Waals surface area contributed by atoms with Gasteiger partial charge < -0.3 is 9.84 Å². The van der Waals surface area contributed by atoms with Gasteiger partial charge in [-0.1, -0.05) is 0 Å². The predicted octanol–water partition coefficient (Wildman–Crippen LogP) is 2.34. The highest BCUT2D eigenvalue weighted by Crippen LogP contribution is 2.35. The summed E-state index contributed by atoms with van der Waals surface area (Å²) in [6.07, 6.45) is -5.17. The van der Waals surface area contributed by atoms with Crippen LogP contribution >= 0.6 is 0 Å². The molecule has 0 spiro atoms. The van der Waals surface area contributed by atoms with Crippen molar-refractivity contribution in [1.82, 2.24) is 0 Å². The molecule has 1 aromatic carbocycles. The molecule has 5 nitrogen and oxygen atoms in total. The van der Waals surface area contributed by atoms with E-state index in [0.717, 1.165) is 0 Å². The number of rotatable bonds is 2. The predicted molar refractivity (Wildman–Crippen MR) is 41.4 cm³/mol. The van der Waals surface area contributed by atoms with Gasteiger partial charge in [0.2, 0.25) is 0 Å². The number of nitrogens with zero attached hydrogens (tertiary/aromatic N) is 1. The lowest BCUT2D eigenvalue weighted by Gasteiger charge is -2.09. The van der Waals surface area contributed by atoms with Gasteiger partial charge in [-0.25, -0.2) is 4.39 Å². The number of phenols is 1. The number of phenolic OH excluding ortho intramolecular Hbond substituents is 1. The topological polar surface area (TPSA) is 72.6 Å². The summed E-state index contributed by atoms with van der Waals surface area (Å²) >= 11 is 0. The molecular formula is C7H3F4NO4. The van der Waals surface area contributed by atoms with Crippen molar-refractivity contribution < 1.29 is 32.3 Å². The monoisotopic (exact) mass is 241 g/mol. The average Bonchev–Trinajstić information content (AvgIpc) is 2.07. The van der Waals surface area contributed by atoms with Gasteiger partial charge in [0.25, 0.3) is 0 Å². The molecule has 1 N–H and O–H groups in total. The summed E-state index contributed by atoms with van der Waals surface area (Å²) in [7, 11) is 0. The number of aromatic hydroxyl groups is 1. The molecule has 1 rings (SSSR count). The summed E-state index contributed by atoms with van der Waals surface area (Å²) in [6, 6.07) is 0.317. The Labute approximate surface area is 85.0 Å². The standard InChI is InChI=1S/C7H3F4NO4/c8-3-1-5(13)4(12(14)15)2-6(3)16-7(9,10)11/h1-2,13H. The number of halogens is 4. The normalized spacial score (nSPS) is 11.2. The largest absolute Gasteiger partial charge is 0.573 e. The van der Waals surface area contributed by atoms with Crippen LogP contribution in [0.4, 0.5) is 23.2 Å². The first-order valence-corrected chi connectivity index (χ1v) is 3.63. The van der Waals surface area contributed by atoms with Crippen molar-refractivity contribution in [3.8, 4) is 11.5 Å². The van der Waals surface area contributed by atoms with E-state index in [1.54, 1.807) is 0 Å². The van der Waals surface area contributed by atoms with Gasteiger partial charge in [0.05, 0.1) is 11.0 Å². The van der Waals surface area contributed by atoms with E-state index in [9.17, 15) is 27.7 Å². The van der Waals surface area contributed by atoms with Crippen LogP contribution in [-0.2, 0) is 0 Å². The first kappa shape index (κ1) is 12.0. The summed E-state index contributed by atoms with van der Waals surface area (Å²) < 4.78 is 51.2. The third kappa shape index (κ3) is 2.72. The van der Waals surface area contributed by atoms with Crippen molar-refractivity contribution in [2.24, 2.45) is 0 Å². The van der Waals surface area contributed by atoms with E-state index >= 15 is 0 Å². The Morgan fingerprint density at radius 1 is 1.38 bits per heavy atom. The second-order valence-electron chi connectivity index (χ2n) is 2.58. The Morgan fingerprint density at radius 3 is 2.38 bits per heavy atom. The third-order valence-corrected chi connectivity index (χ3v) is 1.45. The van der Waals surface area contributed by atoms with Crippen LogP contribution in [-0.4, -0.2) is 16.4 Å². The lowest BCUT2D eigenvalue weighted by atomic mass is 10.2. The molecule has 0 bridgehead atoms. The highest BCUT2D eigenvalue weighted by molar-refractivity contribution is 5.50. The lowest BCUT2D eigenvalue weighted by molar-refractivity contribution is -0.386. The van der Waals surface area contributed by atoms with Gasteiger partial charge in [-0.05, 0) is 0 Å². The summed E-state index contributed by atoms with van der Waals surface area (Å²) in [5.74, 6) is -4.02. The van der Waals surface area contributed by atoms with Gasteiger partial charge in [-0.15, -0.1) is 13.2 Å². The van der Waals surface area contributed by atoms with Crippen LogP contribution in [0.25, 0.3) is 0 Å². The minimum Gasteiger partial charge on any atom is -0.502 e. The Kier molecular flexibility index (Phi) is 2.88. The fourth-order valence-electron chi connectivity index (χ4n) is 0.881. The number of hydrogen-bond acceptors (Lipinski definition) is 4. The van der Waals surface area contributed by atoms with E-state index in [0.29, 0.717) is 0 Å². The molecule has 9 heteroatoms. The van der Waals surface area contributed by atoms with Crippen molar-refractivity contribution in [2.45, 2.75) is 6.36 Å². The Morgan fingerprint density at radius 2 is 1.94 bits per heavy atom. The minimum absolute atomic E-state index is 0.151. The summed E-state index contributed by atoms with van der Waals surface area (Å²) in [4.78, 5) is 9.07. The fourth-order valence-corrected chi connectivity index (χ4v) is 0.881. The maximum atomic E-state index is 12.8. The zero-order chi connectivity index (χ0) is 12.5. The van der Waals surface area contributed by atoms with Crippen LogP contribution in [0.3, 0.4) is 0 Å². The van der Waals surface area contributed by atoms with Gasteiger partial charge in [0.1, 0.15) is 0 Å². The van der Waals surface area contributed by atoms with E-state index < -0.39 is 34.3 Å². The van der Waals surface area contributed by atoms with Gasteiger partial charge in [-0.3, -0.25) is 10.1 Å². The number of ether oxygens (including phenoxy) is 1. The molecule has 0 aliphatic rings. The Hall–Kier alpha value is -2.06. The lowest BCUT2D eigenvalue weighted by Crippen LogP contribution is -2.18. The first-order chi connectivity index (χ1) is 7.20. The van der Waals surface area contributed by atoms with E-state index in [1.807, 2.05) is 0 Å². The Balaban J connectivity index is 3.20. The average molecular weight is 241 g/mol. The molecule has 0 atom stereocenters. The second-order valence-corrected chi connectivity index (χ2v) is 2.58. The summed E-state index contributed by atoms with van der Waals surface area (Å²) in [6.45, 7) is 0.